The Labute approximate surface area is 127 Å². The lowest BCUT2D eigenvalue weighted by Crippen LogP contribution is -2.41. The fourth-order valence-corrected chi connectivity index (χ4v) is 3.68. The molecule has 2 fully saturated rings. The van der Waals surface area contributed by atoms with Gasteiger partial charge in [0.25, 0.3) is 0 Å². The summed E-state index contributed by atoms with van der Waals surface area (Å²) in [5.41, 5.74) is 0.308. The number of aliphatic imine (C=N–C) groups is 1. The molecule has 1 atom stereocenters. The van der Waals surface area contributed by atoms with Crippen molar-refractivity contribution in [2.24, 2.45) is 10.4 Å². The highest BCUT2D eigenvalue weighted by Gasteiger charge is 2.42. The molecule has 0 bridgehead atoms. The molecule has 1 N–H and O–H groups in total. The Kier molecular flexibility index (Phi) is 5.48. The zero-order chi connectivity index (χ0) is 15.3. The average molecular weight is 317 g/mol. The van der Waals surface area contributed by atoms with Gasteiger partial charge in [-0.05, 0) is 26.2 Å². The minimum absolute atomic E-state index is 0.202. The van der Waals surface area contributed by atoms with Crippen LogP contribution in [0.2, 0.25) is 0 Å². The monoisotopic (exact) mass is 317 g/mol. The van der Waals surface area contributed by atoms with Crippen LogP contribution in [-0.2, 0) is 14.6 Å². The zero-order valence-corrected chi connectivity index (χ0v) is 13.9. The van der Waals surface area contributed by atoms with Gasteiger partial charge in [-0.1, -0.05) is 0 Å². The maximum absolute atomic E-state index is 11.1. The standard InChI is InChI=1S/C14H27N3O3S/c1-3-15-13(16-7-4-10-21(2,18)19)17-8-5-14(11-17)6-9-20-12-14/h3-12H2,1-2H3,(H,15,16). The van der Waals surface area contributed by atoms with Crippen molar-refractivity contribution in [2.75, 3.05) is 51.4 Å². The lowest BCUT2D eigenvalue weighted by molar-refractivity contribution is 0.156. The molecule has 2 heterocycles. The van der Waals surface area contributed by atoms with Crippen molar-refractivity contribution in [3.63, 3.8) is 0 Å². The van der Waals surface area contributed by atoms with Gasteiger partial charge in [-0.15, -0.1) is 0 Å². The Morgan fingerprint density at radius 1 is 1.43 bits per heavy atom. The summed E-state index contributed by atoms with van der Waals surface area (Å²) < 4.78 is 27.8. The molecule has 0 aromatic rings. The van der Waals surface area contributed by atoms with Crippen LogP contribution in [-0.4, -0.2) is 70.7 Å². The van der Waals surface area contributed by atoms with Crippen molar-refractivity contribution in [3.8, 4) is 0 Å². The van der Waals surface area contributed by atoms with E-state index in [0.717, 1.165) is 51.6 Å². The van der Waals surface area contributed by atoms with Crippen molar-refractivity contribution in [3.05, 3.63) is 0 Å². The van der Waals surface area contributed by atoms with Gasteiger partial charge < -0.3 is 15.0 Å². The molecule has 2 saturated heterocycles. The molecule has 7 heteroatoms. The van der Waals surface area contributed by atoms with Crippen LogP contribution in [0.3, 0.4) is 0 Å². The SMILES string of the molecule is CCNC(=NCCCS(C)(=O)=O)N1CCC2(CCOC2)C1. The molecule has 0 saturated carbocycles. The Morgan fingerprint density at radius 3 is 2.86 bits per heavy atom. The van der Waals surface area contributed by atoms with E-state index in [9.17, 15) is 8.42 Å². The molecule has 0 aliphatic carbocycles. The highest BCUT2D eigenvalue weighted by atomic mass is 32.2. The summed E-state index contributed by atoms with van der Waals surface area (Å²) in [6, 6.07) is 0. The molecule has 2 aliphatic rings. The third-order valence-electron chi connectivity index (χ3n) is 4.19. The van der Waals surface area contributed by atoms with Crippen LogP contribution in [0.25, 0.3) is 0 Å². The molecule has 0 aromatic heterocycles. The summed E-state index contributed by atoms with van der Waals surface area (Å²) in [5.74, 6) is 1.11. The summed E-state index contributed by atoms with van der Waals surface area (Å²) in [5, 5.41) is 3.31. The Morgan fingerprint density at radius 2 is 2.24 bits per heavy atom. The van der Waals surface area contributed by atoms with Gasteiger partial charge in [0.2, 0.25) is 0 Å². The first-order valence-electron chi connectivity index (χ1n) is 7.73. The summed E-state index contributed by atoms with van der Waals surface area (Å²) >= 11 is 0. The highest BCUT2D eigenvalue weighted by molar-refractivity contribution is 7.90. The maximum Gasteiger partial charge on any atom is 0.193 e. The molecular formula is C14H27N3O3S. The van der Waals surface area contributed by atoms with Crippen LogP contribution in [0.4, 0.5) is 0 Å². The molecule has 0 aromatic carbocycles. The van der Waals surface area contributed by atoms with Gasteiger partial charge in [-0.25, -0.2) is 8.42 Å². The second kappa shape index (κ2) is 6.96. The number of ether oxygens (including phenoxy) is 1. The van der Waals surface area contributed by atoms with Crippen LogP contribution < -0.4 is 5.32 Å². The van der Waals surface area contributed by atoms with Crippen molar-refractivity contribution < 1.29 is 13.2 Å². The van der Waals surface area contributed by atoms with Crippen molar-refractivity contribution in [2.45, 2.75) is 26.2 Å². The van der Waals surface area contributed by atoms with Crippen LogP contribution in [0.15, 0.2) is 4.99 Å². The van der Waals surface area contributed by atoms with E-state index in [1.165, 1.54) is 6.26 Å². The Balaban J connectivity index is 1.89. The fraction of sp³-hybridized carbons (Fsp3) is 0.929. The third kappa shape index (κ3) is 4.85. The Hall–Kier alpha value is -0.820. The molecule has 0 amide bonds. The second-order valence-corrected chi connectivity index (χ2v) is 8.45. The predicted octanol–water partition coefficient (Wildman–Crippen LogP) is 0.499. The van der Waals surface area contributed by atoms with E-state index in [2.05, 4.69) is 22.1 Å². The summed E-state index contributed by atoms with van der Waals surface area (Å²) in [7, 11) is -2.89. The number of sulfone groups is 1. The number of nitrogens with zero attached hydrogens (tertiary/aromatic N) is 2. The molecule has 2 rings (SSSR count). The van der Waals surface area contributed by atoms with Crippen LogP contribution in [0.5, 0.6) is 0 Å². The number of nitrogens with one attached hydrogen (secondary N) is 1. The first-order valence-corrected chi connectivity index (χ1v) is 9.79. The number of guanidine groups is 1. The first kappa shape index (κ1) is 16.5. The van der Waals surface area contributed by atoms with E-state index in [1.54, 1.807) is 0 Å². The fourth-order valence-electron chi connectivity index (χ4n) is 3.02. The minimum Gasteiger partial charge on any atom is -0.381 e. The number of likely N-dealkylation sites (tertiary alicyclic amines) is 1. The van der Waals surface area contributed by atoms with Gasteiger partial charge in [0.15, 0.2) is 5.96 Å². The summed E-state index contributed by atoms with van der Waals surface area (Å²) in [4.78, 5) is 6.87. The molecule has 21 heavy (non-hydrogen) atoms. The van der Waals surface area contributed by atoms with Gasteiger partial charge >= 0.3 is 0 Å². The summed E-state index contributed by atoms with van der Waals surface area (Å²) in [6.07, 6.45) is 4.14. The third-order valence-corrected chi connectivity index (χ3v) is 5.22. The second-order valence-electron chi connectivity index (χ2n) is 6.19. The Bertz CT molecular complexity index is 470. The molecule has 0 radical (unpaired) electrons. The topological polar surface area (TPSA) is 71.0 Å². The van der Waals surface area contributed by atoms with E-state index in [0.29, 0.717) is 18.4 Å². The highest BCUT2D eigenvalue weighted by Crippen LogP contribution is 2.38. The van der Waals surface area contributed by atoms with E-state index in [1.807, 2.05) is 0 Å². The van der Waals surface area contributed by atoms with Crippen LogP contribution in [0, 0.1) is 5.41 Å². The van der Waals surface area contributed by atoms with E-state index in [-0.39, 0.29) is 5.75 Å². The van der Waals surface area contributed by atoms with Crippen LogP contribution in [0.1, 0.15) is 26.2 Å². The molecule has 1 spiro atoms. The largest absolute Gasteiger partial charge is 0.381 e. The van der Waals surface area contributed by atoms with Gasteiger partial charge in [0, 0.05) is 44.5 Å². The number of hydrogen-bond acceptors (Lipinski definition) is 4. The number of rotatable bonds is 5. The average Bonchev–Trinajstić information content (AvgIpc) is 3.03. The van der Waals surface area contributed by atoms with E-state index < -0.39 is 9.84 Å². The van der Waals surface area contributed by atoms with Crippen molar-refractivity contribution in [1.82, 2.24) is 10.2 Å². The predicted molar refractivity (Wildman–Crippen MR) is 84.4 cm³/mol. The van der Waals surface area contributed by atoms with Gasteiger partial charge in [-0.2, -0.15) is 0 Å². The van der Waals surface area contributed by atoms with Gasteiger partial charge in [-0.3, -0.25) is 4.99 Å². The smallest absolute Gasteiger partial charge is 0.193 e. The lowest BCUT2D eigenvalue weighted by atomic mass is 9.87. The van der Waals surface area contributed by atoms with Gasteiger partial charge in [0.05, 0.1) is 12.4 Å². The molecule has 2 aliphatic heterocycles. The van der Waals surface area contributed by atoms with E-state index >= 15 is 0 Å². The van der Waals surface area contributed by atoms with Crippen LogP contribution >= 0.6 is 0 Å². The number of hydrogen-bond donors (Lipinski definition) is 1. The molecular weight excluding hydrogens is 290 g/mol. The quantitative estimate of drug-likeness (QED) is 0.454. The van der Waals surface area contributed by atoms with Gasteiger partial charge in [0.1, 0.15) is 9.84 Å². The van der Waals surface area contributed by atoms with Crippen molar-refractivity contribution in [1.29, 1.82) is 0 Å². The van der Waals surface area contributed by atoms with E-state index in [4.69, 9.17) is 4.74 Å². The molecule has 122 valence electrons. The van der Waals surface area contributed by atoms with Crippen molar-refractivity contribution >= 4 is 15.8 Å². The maximum atomic E-state index is 11.1. The summed E-state index contributed by atoms with van der Waals surface area (Å²) in [6.45, 7) is 7.15. The minimum atomic E-state index is -2.89. The molecule has 6 nitrogen and oxygen atoms in total. The normalized spacial score (nSPS) is 26.8. The zero-order valence-electron chi connectivity index (χ0n) is 13.1. The molecule has 1 unspecified atom stereocenters. The lowest BCUT2D eigenvalue weighted by Gasteiger charge is -2.24. The first-order chi connectivity index (χ1) is 9.94.